The Morgan fingerprint density at radius 3 is 3.00 bits per heavy atom. The quantitative estimate of drug-likeness (QED) is 0.730. The molecule has 7 heteroatoms. The first-order valence-corrected chi connectivity index (χ1v) is 8.40. The summed E-state index contributed by atoms with van der Waals surface area (Å²) in [7, 11) is 2.06. The highest BCUT2D eigenvalue weighted by atomic mass is 16.5. The molecule has 7 nitrogen and oxygen atoms in total. The first-order chi connectivity index (χ1) is 12.1. The first-order valence-electron chi connectivity index (χ1n) is 8.40. The predicted octanol–water partition coefficient (Wildman–Crippen LogP) is 2.80. The number of anilines is 1. The predicted molar refractivity (Wildman–Crippen MR) is 92.4 cm³/mol. The number of piperidine rings is 1. The summed E-state index contributed by atoms with van der Waals surface area (Å²) in [5, 5.41) is 4.62. The van der Waals surface area contributed by atoms with Crippen LogP contribution in [0.5, 0.6) is 0 Å². The molecule has 1 fully saturated rings. The minimum absolute atomic E-state index is 0.106. The van der Waals surface area contributed by atoms with Crippen LogP contribution in [0.1, 0.15) is 23.9 Å². The molecular formula is C18H20N4O3. The fourth-order valence-electron chi connectivity index (χ4n) is 3.57. The SMILES string of the molecule is C[C@@H]1CCN(C(=O)c2ccno2)CC1N(C)c1ccnc2occc12. The van der Waals surface area contributed by atoms with Gasteiger partial charge < -0.3 is 18.7 Å². The lowest BCUT2D eigenvalue weighted by molar-refractivity contribution is 0.0628. The summed E-state index contributed by atoms with van der Waals surface area (Å²) in [5.41, 5.74) is 1.69. The summed E-state index contributed by atoms with van der Waals surface area (Å²) in [4.78, 5) is 20.9. The lowest BCUT2D eigenvalue weighted by Gasteiger charge is -2.42. The van der Waals surface area contributed by atoms with E-state index in [4.69, 9.17) is 8.94 Å². The number of nitrogens with zero attached hydrogens (tertiary/aromatic N) is 4. The van der Waals surface area contributed by atoms with Crippen LogP contribution in [-0.4, -0.2) is 47.1 Å². The minimum atomic E-state index is -0.106. The number of carbonyl (C=O) groups excluding carboxylic acids is 1. The number of likely N-dealkylation sites (N-methyl/N-ethyl adjacent to an activating group) is 1. The highest BCUT2D eigenvalue weighted by Gasteiger charge is 2.33. The summed E-state index contributed by atoms with van der Waals surface area (Å²) in [6, 6.07) is 5.72. The third-order valence-corrected chi connectivity index (χ3v) is 5.08. The molecule has 1 amide bonds. The number of carbonyl (C=O) groups is 1. The van der Waals surface area contributed by atoms with Gasteiger partial charge in [-0.25, -0.2) is 4.98 Å². The molecule has 130 valence electrons. The highest BCUT2D eigenvalue weighted by Crippen LogP contribution is 2.31. The van der Waals surface area contributed by atoms with Crippen LogP contribution in [0, 0.1) is 5.92 Å². The fourth-order valence-corrected chi connectivity index (χ4v) is 3.57. The molecule has 0 N–H and O–H groups in total. The van der Waals surface area contributed by atoms with Gasteiger partial charge in [-0.3, -0.25) is 4.79 Å². The number of fused-ring (bicyclic) bond motifs is 1. The van der Waals surface area contributed by atoms with E-state index in [1.54, 1.807) is 18.5 Å². The number of hydrogen-bond donors (Lipinski definition) is 0. The van der Waals surface area contributed by atoms with Gasteiger partial charge in [0, 0.05) is 38.4 Å². The molecule has 0 radical (unpaired) electrons. The van der Waals surface area contributed by atoms with E-state index in [0.717, 1.165) is 24.0 Å². The second-order valence-electron chi connectivity index (χ2n) is 6.54. The Bertz CT molecular complexity index is 873. The van der Waals surface area contributed by atoms with Gasteiger partial charge in [-0.2, -0.15) is 0 Å². The van der Waals surface area contributed by atoms with Crippen LogP contribution in [0.15, 0.2) is 45.8 Å². The summed E-state index contributed by atoms with van der Waals surface area (Å²) in [5.74, 6) is 0.641. The van der Waals surface area contributed by atoms with Gasteiger partial charge in [-0.05, 0) is 24.5 Å². The molecule has 1 saturated heterocycles. The van der Waals surface area contributed by atoms with Crippen molar-refractivity contribution in [3.8, 4) is 0 Å². The van der Waals surface area contributed by atoms with Crippen LogP contribution < -0.4 is 4.90 Å². The van der Waals surface area contributed by atoms with Gasteiger partial charge >= 0.3 is 0 Å². The zero-order valence-corrected chi connectivity index (χ0v) is 14.3. The monoisotopic (exact) mass is 340 g/mol. The average Bonchev–Trinajstić information content (AvgIpc) is 3.32. The molecule has 25 heavy (non-hydrogen) atoms. The van der Waals surface area contributed by atoms with E-state index in [2.05, 4.69) is 29.0 Å². The highest BCUT2D eigenvalue weighted by molar-refractivity contribution is 5.91. The second-order valence-corrected chi connectivity index (χ2v) is 6.54. The standard InChI is InChI=1S/C18H20N4O3/c1-12-5-9-22(18(23)16-4-8-20-25-16)11-15(12)21(2)14-3-7-19-17-13(14)6-10-24-17/h3-4,6-8,10,12,15H,5,9,11H2,1-2H3/t12-,15?/m1/s1. The van der Waals surface area contributed by atoms with Gasteiger partial charge in [-0.15, -0.1) is 0 Å². The number of rotatable bonds is 3. The Balaban J connectivity index is 1.59. The van der Waals surface area contributed by atoms with Crippen molar-refractivity contribution in [1.29, 1.82) is 0 Å². The summed E-state index contributed by atoms with van der Waals surface area (Å²) >= 11 is 0. The van der Waals surface area contributed by atoms with Crippen LogP contribution in [0.4, 0.5) is 5.69 Å². The maximum Gasteiger partial charge on any atom is 0.292 e. The molecule has 4 heterocycles. The van der Waals surface area contributed by atoms with Crippen molar-refractivity contribution < 1.29 is 13.7 Å². The lowest BCUT2D eigenvalue weighted by Crippen LogP contribution is -2.52. The topological polar surface area (TPSA) is 75.6 Å². The Labute approximate surface area is 145 Å². The van der Waals surface area contributed by atoms with E-state index >= 15 is 0 Å². The maximum atomic E-state index is 12.6. The van der Waals surface area contributed by atoms with Gasteiger partial charge in [-0.1, -0.05) is 12.1 Å². The van der Waals surface area contributed by atoms with Crippen molar-refractivity contribution >= 4 is 22.7 Å². The third kappa shape index (κ3) is 2.75. The number of pyridine rings is 1. The molecule has 1 unspecified atom stereocenters. The Morgan fingerprint density at radius 2 is 2.20 bits per heavy atom. The molecule has 3 aromatic heterocycles. The molecule has 4 rings (SSSR count). The maximum absolute atomic E-state index is 12.6. The van der Waals surface area contributed by atoms with E-state index in [1.807, 2.05) is 17.0 Å². The Hall–Kier alpha value is -2.83. The summed E-state index contributed by atoms with van der Waals surface area (Å²) in [6.07, 6.45) is 5.84. The molecule has 0 aliphatic carbocycles. The van der Waals surface area contributed by atoms with Crippen molar-refractivity contribution in [3.05, 3.63) is 42.6 Å². The third-order valence-electron chi connectivity index (χ3n) is 5.08. The molecule has 0 saturated carbocycles. The van der Waals surface area contributed by atoms with Gasteiger partial charge in [0.1, 0.15) is 0 Å². The van der Waals surface area contributed by atoms with E-state index in [-0.39, 0.29) is 17.7 Å². The van der Waals surface area contributed by atoms with Crippen molar-refractivity contribution in [2.75, 3.05) is 25.0 Å². The van der Waals surface area contributed by atoms with Gasteiger partial charge in [0.05, 0.1) is 23.5 Å². The van der Waals surface area contributed by atoms with Gasteiger partial charge in [0.2, 0.25) is 11.5 Å². The van der Waals surface area contributed by atoms with E-state index < -0.39 is 0 Å². The number of furan rings is 1. The van der Waals surface area contributed by atoms with Crippen LogP contribution in [0.3, 0.4) is 0 Å². The van der Waals surface area contributed by atoms with Crippen molar-refractivity contribution in [3.63, 3.8) is 0 Å². The number of amides is 1. The minimum Gasteiger partial charge on any atom is -0.446 e. The van der Waals surface area contributed by atoms with Crippen molar-refractivity contribution in [2.24, 2.45) is 5.92 Å². The smallest absolute Gasteiger partial charge is 0.292 e. The summed E-state index contributed by atoms with van der Waals surface area (Å²) in [6.45, 7) is 3.59. The summed E-state index contributed by atoms with van der Waals surface area (Å²) < 4.78 is 10.4. The number of likely N-dealkylation sites (tertiary alicyclic amines) is 1. The van der Waals surface area contributed by atoms with Crippen LogP contribution >= 0.6 is 0 Å². The van der Waals surface area contributed by atoms with Crippen LogP contribution in [0.2, 0.25) is 0 Å². The largest absolute Gasteiger partial charge is 0.446 e. The molecule has 3 aromatic rings. The number of aromatic nitrogens is 2. The zero-order valence-electron chi connectivity index (χ0n) is 14.3. The normalized spacial score (nSPS) is 20.8. The van der Waals surface area contributed by atoms with Crippen LogP contribution in [0.25, 0.3) is 11.1 Å². The molecular weight excluding hydrogens is 320 g/mol. The molecule has 0 spiro atoms. The molecule has 2 atom stereocenters. The van der Waals surface area contributed by atoms with E-state index in [0.29, 0.717) is 18.2 Å². The van der Waals surface area contributed by atoms with Crippen LogP contribution in [-0.2, 0) is 0 Å². The van der Waals surface area contributed by atoms with Crippen molar-refractivity contribution in [1.82, 2.24) is 15.0 Å². The molecule has 0 bridgehead atoms. The van der Waals surface area contributed by atoms with Gasteiger partial charge in [0.15, 0.2) is 0 Å². The average molecular weight is 340 g/mol. The molecule has 0 aromatic carbocycles. The Morgan fingerprint density at radius 1 is 1.32 bits per heavy atom. The van der Waals surface area contributed by atoms with E-state index in [1.165, 1.54) is 6.20 Å². The Kier molecular flexibility index (Phi) is 3.91. The molecule has 1 aliphatic heterocycles. The fraction of sp³-hybridized carbons (Fsp3) is 0.389. The second kappa shape index (κ2) is 6.23. The van der Waals surface area contributed by atoms with Gasteiger partial charge in [0.25, 0.3) is 5.91 Å². The van der Waals surface area contributed by atoms with Crippen molar-refractivity contribution in [2.45, 2.75) is 19.4 Å². The first kappa shape index (κ1) is 15.7. The number of hydrogen-bond acceptors (Lipinski definition) is 6. The molecule has 1 aliphatic rings. The zero-order chi connectivity index (χ0) is 17.4. The van der Waals surface area contributed by atoms with E-state index in [9.17, 15) is 4.79 Å². The lowest BCUT2D eigenvalue weighted by atomic mass is 9.91.